The van der Waals surface area contributed by atoms with E-state index in [0.717, 1.165) is 36.6 Å². The number of piperidine rings is 1. The van der Waals surface area contributed by atoms with Crippen LogP contribution in [0.25, 0.3) is 0 Å². The second kappa shape index (κ2) is 6.48. The Morgan fingerprint density at radius 2 is 2.41 bits per heavy atom. The molecule has 6 nitrogen and oxygen atoms in total. The maximum Gasteiger partial charge on any atom is 0.324 e. The van der Waals surface area contributed by atoms with Crippen molar-refractivity contribution in [3.8, 4) is 0 Å². The third-order valence-corrected chi connectivity index (χ3v) is 4.96. The summed E-state index contributed by atoms with van der Waals surface area (Å²) >= 11 is 1.42. The highest BCUT2D eigenvalue weighted by Gasteiger charge is 2.33. The van der Waals surface area contributed by atoms with Crippen LogP contribution in [-0.2, 0) is 6.42 Å². The van der Waals surface area contributed by atoms with Gasteiger partial charge in [0.1, 0.15) is 10.8 Å². The van der Waals surface area contributed by atoms with E-state index in [-0.39, 0.29) is 12.1 Å². The van der Waals surface area contributed by atoms with Gasteiger partial charge in [-0.1, -0.05) is 25.2 Å². The Labute approximate surface area is 133 Å². The van der Waals surface area contributed by atoms with Crippen molar-refractivity contribution in [2.24, 2.45) is 5.92 Å². The van der Waals surface area contributed by atoms with Gasteiger partial charge >= 0.3 is 6.03 Å². The van der Waals surface area contributed by atoms with Gasteiger partial charge in [-0.2, -0.15) is 0 Å². The van der Waals surface area contributed by atoms with Crippen LogP contribution in [0.5, 0.6) is 0 Å². The normalized spacial score (nSPS) is 21.8. The van der Waals surface area contributed by atoms with Crippen molar-refractivity contribution in [3.63, 3.8) is 0 Å². The first-order valence-corrected chi connectivity index (χ1v) is 8.42. The molecule has 1 saturated heterocycles. The average Bonchev–Trinajstić information content (AvgIpc) is 3.18. The van der Waals surface area contributed by atoms with Gasteiger partial charge in [-0.05, 0) is 37.3 Å². The van der Waals surface area contributed by atoms with Gasteiger partial charge in [0.2, 0.25) is 5.13 Å². The van der Waals surface area contributed by atoms with Crippen molar-refractivity contribution in [2.45, 2.75) is 39.2 Å². The Morgan fingerprint density at radius 1 is 1.55 bits per heavy atom. The summed E-state index contributed by atoms with van der Waals surface area (Å²) in [6.45, 7) is 4.95. The summed E-state index contributed by atoms with van der Waals surface area (Å²) in [6, 6.07) is 3.65. The Bertz CT molecular complexity index is 625. The zero-order valence-corrected chi connectivity index (χ0v) is 13.6. The molecule has 1 aliphatic heterocycles. The first-order valence-electron chi connectivity index (χ1n) is 7.60. The zero-order valence-electron chi connectivity index (χ0n) is 12.8. The van der Waals surface area contributed by atoms with Crippen molar-refractivity contribution < 1.29 is 9.21 Å². The Morgan fingerprint density at radius 3 is 3.09 bits per heavy atom. The maximum absolute atomic E-state index is 12.6. The smallest absolute Gasteiger partial charge is 0.324 e. The molecule has 0 aromatic carbocycles. The van der Waals surface area contributed by atoms with E-state index in [9.17, 15) is 4.79 Å². The predicted octanol–water partition coefficient (Wildman–Crippen LogP) is 3.70. The largest absolute Gasteiger partial charge is 0.467 e. The van der Waals surface area contributed by atoms with Crippen LogP contribution in [0.3, 0.4) is 0 Å². The SMILES string of the molecule is CCc1nnc(NC(=O)N2CC[C@@H](C)C[C@@H]2c2ccco2)s1. The van der Waals surface area contributed by atoms with E-state index >= 15 is 0 Å². The van der Waals surface area contributed by atoms with E-state index in [1.54, 1.807) is 6.26 Å². The van der Waals surface area contributed by atoms with Gasteiger partial charge in [-0.25, -0.2) is 4.79 Å². The zero-order chi connectivity index (χ0) is 15.5. The molecular formula is C15H20N4O2S. The van der Waals surface area contributed by atoms with Gasteiger partial charge in [-0.15, -0.1) is 10.2 Å². The molecule has 0 saturated carbocycles. The fourth-order valence-electron chi connectivity index (χ4n) is 2.75. The lowest BCUT2D eigenvalue weighted by atomic mass is 9.91. The third-order valence-electron chi connectivity index (χ3n) is 3.98. The molecule has 2 aromatic rings. The minimum absolute atomic E-state index is 0.0164. The van der Waals surface area contributed by atoms with Crippen LogP contribution >= 0.6 is 11.3 Å². The number of carbonyl (C=O) groups excluding carboxylic acids is 1. The van der Waals surface area contributed by atoms with Crippen LogP contribution in [0.15, 0.2) is 22.8 Å². The fourth-order valence-corrected chi connectivity index (χ4v) is 3.41. The molecule has 3 heterocycles. The highest BCUT2D eigenvalue weighted by Crippen LogP contribution is 2.34. The molecule has 2 aromatic heterocycles. The van der Waals surface area contributed by atoms with Crippen LogP contribution in [-0.4, -0.2) is 27.7 Å². The monoisotopic (exact) mass is 320 g/mol. The molecule has 0 spiro atoms. The van der Waals surface area contributed by atoms with E-state index < -0.39 is 0 Å². The number of aromatic nitrogens is 2. The van der Waals surface area contributed by atoms with E-state index in [4.69, 9.17) is 4.42 Å². The lowest BCUT2D eigenvalue weighted by Crippen LogP contribution is -2.42. The lowest BCUT2D eigenvalue weighted by Gasteiger charge is -2.37. The molecule has 0 bridgehead atoms. The van der Waals surface area contributed by atoms with Crippen molar-refractivity contribution in [1.29, 1.82) is 0 Å². The van der Waals surface area contributed by atoms with E-state index in [1.807, 2.05) is 24.0 Å². The number of nitrogens with zero attached hydrogens (tertiary/aromatic N) is 3. The van der Waals surface area contributed by atoms with Gasteiger partial charge in [0.25, 0.3) is 0 Å². The maximum atomic E-state index is 12.6. The molecule has 1 N–H and O–H groups in total. The second-order valence-electron chi connectivity index (χ2n) is 5.64. The molecular weight excluding hydrogens is 300 g/mol. The third kappa shape index (κ3) is 3.14. The molecule has 2 amide bonds. The molecule has 1 aliphatic rings. The standard InChI is InChI=1S/C15H20N4O2S/c1-3-13-17-18-14(22-13)16-15(20)19-7-6-10(2)9-11(19)12-5-4-8-21-12/h4-5,8,10-11H,3,6-7,9H2,1-2H3,(H,16,18,20)/t10-,11-/m1/s1. The number of anilines is 1. The molecule has 0 unspecified atom stereocenters. The Kier molecular flexibility index (Phi) is 4.42. The minimum atomic E-state index is -0.132. The molecule has 2 atom stereocenters. The molecule has 22 heavy (non-hydrogen) atoms. The molecule has 3 rings (SSSR count). The summed E-state index contributed by atoms with van der Waals surface area (Å²) in [7, 11) is 0. The Balaban J connectivity index is 1.74. The lowest BCUT2D eigenvalue weighted by molar-refractivity contribution is 0.129. The fraction of sp³-hybridized carbons (Fsp3) is 0.533. The summed E-state index contributed by atoms with van der Waals surface area (Å²) in [4.78, 5) is 14.4. The van der Waals surface area contributed by atoms with Gasteiger partial charge in [-0.3, -0.25) is 5.32 Å². The van der Waals surface area contributed by atoms with Crippen molar-refractivity contribution in [2.75, 3.05) is 11.9 Å². The quantitative estimate of drug-likeness (QED) is 0.936. The first-order chi connectivity index (χ1) is 10.7. The minimum Gasteiger partial charge on any atom is -0.467 e. The van der Waals surface area contributed by atoms with Gasteiger partial charge in [0.05, 0.1) is 12.3 Å². The first kappa shape index (κ1) is 15.0. The van der Waals surface area contributed by atoms with E-state index in [2.05, 4.69) is 22.4 Å². The number of aryl methyl sites for hydroxylation is 1. The average molecular weight is 320 g/mol. The molecule has 7 heteroatoms. The van der Waals surface area contributed by atoms with Crippen LogP contribution in [0.4, 0.5) is 9.93 Å². The summed E-state index contributed by atoms with van der Waals surface area (Å²) in [5.74, 6) is 1.42. The number of nitrogens with one attached hydrogen (secondary N) is 1. The predicted molar refractivity (Wildman–Crippen MR) is 84.9 cm³/mol. The van der Waals surface area contributed by atoms with Crippen molar-refractivity contribution in [1.82, 2.24) is 15.1 Å². The summed E-state index contributed by atoms with van der Waals surface area (Å²) < 4.78 is 5.53. The van der Waals surface area contributed by atoms with Crippen LogP contribution in [0, 0.1) is 5.92 Å². The number of carbonyl (C=O) groups is 1. The highest BCUT2D eigenvalue weighted by atomic mass is 32.1. The van der Waals surface area contributed by atoms with E-state index in [0.29, 0.717) is 11.0 Å². The van der Waals surface area contributed by atoms with Crippen LogP contribution in [0.1, 0.15) is 43.5 Å². The molecule has 0 aliphatic carbocycles. The van der Waals surface area contributed by atoms with Crippen LogP contribution in [0.2, 0.25) is 0 Å². The van der Waals surface area contributed by atoms with Gasteiger partial charge in [0, 0.05) is 6.54 Å². The van der Waals surface area contributed by atoms with Crippen LogP contribution < -0.4 is 5.32 Å². The number of furan rings is 1. The topological polar surface area (TPSA) is 71.3 Å². The summed E-state index contributed by atoms with van der Waals surface area (Å²) in [5.41, 5.74) is 0. The van der Waals surface area contributed by atoms with Crippen molar-refractivity contribution >= 4 is 22.5 Å². The molecule has 1 fully saturated rings. The molecule has 0 radical (unpaired) electrons. The number of hydrogen-bond donors (Lipinski definition) is 1. The number of likely N-dealkylation sites (tertiary alicyclic amines) is 1. The molecule has 118 valence electrons. The van der Waals surface area contributed by atoms with Crippen molar-refractivity contribution in [3.05, 3.63) is 29.2 Å². The summed E-state index contributed by atoms with van der Waals surface area (Å²) in [6.07, 6.45) is 4.39. The number of hydrogen-bond acceptors (Lipinski definition) is 5. The highest BCUT2D eigenvalue weighted by molar-refractivity contribution is 7.15. The van der Waals surface area contributed by atoms with Gasteiger partial charge < -0.3 is 9.32 Å². The summed E-state index contributed by atoms with van der Waals surface area (Å²) in [5, 5.41) is 12.4. The van der Waals surface area contributed by atoms with E-state index in [1.165, 1.54) is 11.3 Å². The Hall–Kier alpha value is -1.89. The number of rotatable bonds is 3. The number of amides is 2. The van der Waals surface area contributed by atoms with Gasteiger partial charge in [0.15, 0.2) is 0 Å². The number of urea groups is 1. The second-order valence-corrected chi connectivity index (χ2v) is 6.70.